The summed E-state index contributed by atoms with van der Waals surface area (Å²) in [5, 5.41) is 11.1. The summed E-state index contributed by atoms with van der Waals surface area (Å²) < 4.78 is 5.87. The molecule has 1 atom stereocenters. The van der Waals surface area contributed by atoms with E-state index < -0.39 is 11.4 Å². The molecular formula is C10H13BrO3S. The van der Waals surface area contributed by atoms with E-state index in [1.807, 2.05) is 11.4 Å². The second-order valence-corrected chi connectivity index (χ2v) is 5.34. The van der Waals surface area contributed by atoms with Crippen LogP contribution in [0.25, 0.3) is 0 Å². The number of hydrogen-bond acceptors (Lipinski definition) is 3. The SMILES string of the molecule is COCCC(C)(C(=O)O)c1cc(Br)cs1. The van der Waals surface area contributed by atoms with Gasteiger partial charge in [0.1, 0.15) is 5.41 Å². The first-order valence-electron chi connectivity index (χ1n) is 4.47. The molecule has 1 unspecified atom stereocenters. The molecule has 1 N–H and O–H groups in total. The van der Waals surface area contributed by atoms with E-state index in [1.54, 1.807) is 14.0 Å². The van der Waals surface area contributed by atoms with Crippen molar-refractivity contribution >= 4 is 33.2 Å². The third kappa shape index (κ3) is 2.80. The maximum absolute atomic E-state index is 11.3. The fourth-order valence-electron chi connectivity index (χ4n) is 1.24. The van der Waals surface area contributed by atoms with Gasteiger partial charge in [-0.15, -0.1) is 11.3 Å². The van der Waals surface area contributed by atoms with E-state index in [4.69, 9.17) is 4.74 Å². The number of aliphatic carboxylic acids is 1. The molecule has 1 heterocycles. The molecule has 15 heavy (non-hydrogen) atoms. The first-order valence-corrected chi connectivity index (χ1v) is 6.15. The molecular weight excluding hydrogens is 280 g/mol. The molecule has 3 nitrogen and oxygen atoms in total. The van der Waals surface area contributed by atoms with Gasteiger partial charge in [0.2, 0.25) is 0 Å². The van der Waals surface area contributed by atoms with Crippen LogP contribution in [0.15, 0.2) is 15.9 Å². The van der Waals surface area contributed by atoms with Crippen LogP contribution >= 0.6 is 27.3 Å². The number of carboxylic acids is 1. The van der Waals surface area contributed by atoms with E-state index in [1.165, 1.54) is 11.3 Å². The predicted octanol–water partition coefficient (Wildman–Crippen LogP) is 2.89. The highest BCUT2D eigenvalue weighted by molar-refractivity contribution is 9.10. The van der Waals surface area contributed by atoms with Gasteiger partial charge in [0.15, 0.2) is 0 Å². The predicted molar refractivity (Wildman–Crippen MR) is 63.5 cm³/mol. The number of hydrogen-bond donors (Lipinski definition) is 1. The molecule has 0 aromatic carbocycles. The molecule has 0 radical (unpaired) electrons. The van der Waals surface area contributed by atoms with Gasteiger partial charge in [-0.2, -0.15) is 0 Å². The summed E-state index contributed by atoms with van der Waals surface area (Å²) in [6.07, 6.45) is 0.478. The molecule has 0 fully saturated rings. The molecule has 0 saturated carbocycles. The van der Waals surface area contributed by atoms with Crippen LogP contribution in [0, 0.1) is 0 Å². The maximum atomic E-state index is 11.3. The van der Waals surface area contributed by atoms with Crippen molar-refractivity contribution in [2.45, 2.75) is 18.8 Å². The van der Waals surface area contributed by atoms with Crippen molar-refractivity contribution in [3.8, 4) is 0 Å². The van der Waals surface area contributed by atoms with Crippen molar-refractivity contribution in [1.29, 1.82) is 0 Å². The minimum absolute atomic E-state index is 0.443. The Morgan fingerprint density at radius 1 is 1.73 bits per heavy atom. The van der Waals surface area contributed by atoms with E-state index in [-0.39, 0.29) is 0 Å². The van der Waals surface area contributed by atoms with Crippen molar-refractivity contribution in [3.05, 3.63) is 20.8 Å². The molecule has 1 aromatic rings. The Bertz CT molecular complexity index is 350. The Balaban J connectivity index is 2.95. The maximum Gasteiger partial charge on any atom is 0.314 e. The topological polar surface area (TPSA) is 46.5 Å². The van der Waals surface area contributed by atoms with Gasteiger partial charge in [-0.3, -0.25) is 4.79 Å². The van der Waals surface area contributed by atoms with E-state index in [0.29, 0.717) is 13.0 Å². The van der Waals surface area contributed by atoms with Gasteiger partial charge in [-0.25, -0.2) is 0 Å². The lowest BCUT2D eigenvalue weighted by Gasteiger charge is -2.22. The molecule has 1 aromatic heterocycles. The van der Waals surface area contributed by atoms with Gasteiger partial charge in [0.05, 0.1) is 0 Å². The van der Waals surface area contributed by atoms with Crippen LogP contribution in [0.2, 0.25) is 0 Å². The van der Waals surface area contributed by atoms with Crippen LogP contribution in [-0.4, -0.2) is 24.8 Å². The number of thiophene rings is 1. The number of rotatable bonds is 5. The standard InChI is InChI=1S/C10H13BrO3S/c1-10(9(12)13,3-4-14-2)8-5-7(11)6-15-8/h5-6H,3-4H2,1-2H3,(H,12,13). The fourth-order valence-corrected chi connectivity index (χ4v) is 2.86. The van der Waals surface area contributed by atoms with E-state index in [9.17, 15) is 9.90 Å². The van der Waals surface area contributed by atoms with Crippen molar-refractivity contribution < 1.29 is 14.6 Å². The Morgan fingerprint density at radius 2 is 2.40 bits per heavy atom. The Morgan fingerprint density at radius 3 is 2.80 bits per heavy atom. The molecule has 0 spiro atoms. The molecule has 0 aliphatic carbocycles. The zero-order valence-electron chi connectivity index (χ0n) is 8.62. The van der Waals surface area contributed by atoms with Gasteiger partial charge in [-0.1, -0.05) is 0 Å². The molecule has 0 saturated heterocycles. The highest BCUT2D eigenvalue weighted by Crippen LogP contribution is 2.34. The second-order valence-electron chi connectivity index (χ2n) is 3.51. The largest absolute Gasteiger partial charge is 0.481 e. The molecule has 0 aliphatic heterocycles. The molecule has 0 bridgehead atoms. The van der Waals surface area contributed by atoms with Crippen molar-refractivity contribution in [2.24, 2.45) is 0 Å². The number of methoxy groups -OCH3 is 1. The van der Waals surface area contributed by atoms with Gasteiger partial charge in [0.25, 0.3) is 0 Å². The van der Waals surface area contributed by atoms with Crippen LogP contribution in [0.1, 0.15) is 18.2 Å². The number of halogens is 1. The number of ether oxygens (including phenoxy) is 1. The van der Waals surface area contributed by atoms with Crippen molar-refractivity contribution in [3.63, 3.8) is 0 Å². The summed E-state index contributed by atoms with van der Waals surface area (Å²) in [5.74, 6) is -0.811. The van der Waals surface area contributed by atoms with Crippen LogP contribution in [-0.2, 0) is 14.9 Å². The minimum atomic E-state index is -0.854. The number of carboxylic acid groups (broad SMARTS) is 1. The van der Waals surface area contributed by atoms with Crippen LogP contribution < -0.4 is 0 Å². The van der Waals surface area contributed by atoms with E-state index in [0.717, 1.165) is 9.35 Å². The summed E-state index contributed by atoms with van der Waals surface area (Å²) in [6, 6.07) is 1.86. The Hall–Kier alpha value is -0.390. The molecule has 0 aliphatic rings. The van der Waals surface area contributed by atoms with Crippen LogP contribution in [0.4, 0.5) is 0 Å². The highest BCUT2D eigenvalue weighted by atomic mass is 79.9. The molecule has 5 heteroatoms. The quantitative estimate of drug-likeness (QED) is 0.908. The lowest BCUT2D eigenvalue weighted by Crippen LogP contribution is -2.32. The Kier molecular flexibility index (Phi) is 4.31. The van der Waals surface area contributed by atoms with Crippen molar-refractivity contribution in [1.82, 2.24) is 0 Å². The van der Waals surface area contributed by atoms with Gasteiger partial charge < -0.3 is 9.84 Å². The third-order valence-corrected chi connectivity index (χ3v) is 4.34. The summed E-state index contributed by atoms with van der Waals surface area (Å²) in [6.45, 7) is 2.17. The summed E-state index contributed by atoms with van der Waals surface area (Å²) in [7, 11) is 1.58. The number of carbonyl (C=O) groups is 1. The van der Waals surface area contributed by atoms with Crippen molar-refractivity contribution in [2.75, 3.05) is 13.7 Å². The van der Waals surface area contributed by atoms with Gasteiger partial charge in [-0.05, 0) is 35.3 Å². The fraction of sp³-hybridized carbons (Fsp3) is 0.500. The summed E-state index contributed by atoms with van der Waals surface area (Å²) in [5.41, 5.74) is -0.854. The average molecular weight is 293 g/mol. The zero-order chi connectivity index (χ0) is 11.5. The van der Waals surface area contributed by atoms with E-state index >= 15 is 0 Å². The van der Waals surface area contributed by atoms with Gasteiger partial charge in [0, 0.05) is 28.4 Å². The first kappa shape index (κ1) is 12.7. The summed E-state index contributed by atoms with van der Waals surface area (Å²) >= 11 is 4.78. The highest BCUT2D eigenvalue weighted by Gasteiger charge is 2.36. The third-order valence-electron chi connectivity index (χ3n) is 2.39. The smallest absolute Gasteiger partial charge is 0.314 e. The van der Waals surface area contributed by atoms with Crippen LogP contribution in [0.5, 0.6) is 0 Å². The lowest BCUT2D eigenvalue weighted by atomic mass is 9.85. The van der Waals surface area contributed by atoms with Gasteiger partial charge >= 0.3 is 5.97 Å². The molecule has 84 valence electrons. The Labute approximate surface area is 101 Å². The zero-order valence-corrected chi connectivity index (χ0v) is 11.0. The second kappa shape index (κ2) is 5.09. The normalized spacial score (nSPS) is 14.9. The van der Waals surface area contributed by atoms with E-state index in [2.05, 4.69) is 15.9 Å². The molecule has 0 amide bonds. The molecule has 1 rings (SSSR count). The first-order chi connectivity index (χ1) is 7.00. The minimum Gasteiger partial charge on any atom is -0.481 e. The lowest BCUT2D eigenvalue weighted by molar-refractivity contribution is -0.143. The monoisotopic (exact) mass is 292 g/mol. The summed E-state index contributed by atoms with van der Waals surface area (Å²) in [4.78, 5) is 12.1. The van der Waals surface area contributed by atoms with Crippen LogP contribution in [0.3, 0.4) is 0 Å². The average Bonchev–Trinajstić information content (AvgIpc) is 2.61.